The molecule has 0 spiro atoms. The summed E-state index contributed by atoms with van der Waals surface area (Å²) in [5, 5.41) is 13.3. The Morgan fingerprint density at radius 2 is 1.87 bits per heavy atom. The van der Waals surface area contributed by atoms with Gasteiger partial charge >= 0.3 is 6.18 Å². The predicted molar refractivity (Wildman–Crippen MR) is 153 cm³/mol. The van der Waals surface area contributed by atoms with Crippen LogP contribution in [0.25, 0.3) is 16.9 Å². The molecule has 1 aliphatic heterocycles. The summed E-state index contributed by atoms with van der Waals surface area (Å²) >= 11 is 0. The first-order chi connectivity index (χ1) is 22.1. The number of hydrogen-bond donors (Lipinski definition) is 3. The molecule has 0 saturated heterocycles. The Hall–Kier alpha value is -4.86. The molecule has 1 aromatic carbocycles. The van der Waals surface area contributed by atoms with Gasteiger partial charge in [0.2, 0.25) is 11.5 Å². The van der Waals surface area contributed by atoms with E-state index in [1.807, 2.05) is 0 Å². The Morgan fingerprint density at radius 1 is 1.17 bits per heavy atom. The fraction of sp³-hybridized carbons (Fsp3) is 0.355. The predicted octanol–water partition coefficient (Wildman–Crippen LogP) is 4.37. The summed E-state index contributed by atoms with van der Waals surface area (Å²) in [6.45, 7) is -1.47. The molecule has 10 nitrogen and oxygen atoms in total. The van der Waals surface area contributed by atoms with Crippen molar-refractivity contribution in [2.45, 2.75) is 49.3 Å². The number of imidazole rings is 1. The van der Waals surface area contributed by atoms with Crippen LogP contribution in [0, 0.1) is 5.82 Å². The molecule has 0 bridgehead atoms. The molecule has 248 valence electrons. The number of fused-ring (bicyclic) bond motifs is 2. The molecule has 1 fully saturated rings. The molecule has 2 aliphatic rings. The Kier molecular flexibility index (Phi) is 7.81. The minimum atomic E-state index is -5.44. The van der Waals surface area contributed by atoms with Crippen LogP contribution in [-0.4, -0.2) is 63.6 Å². The molecule has 47 heavy (non-hydrogen) atoms. The average Bonchev–Trinajstić information content (AvgIpc) is 3.69. The van der Waals surface area contributed by atoms with Gasteiger partial charge in [0.15, 0.2) is 11.4 Å². The minimum absolute atomic E-state index is 0.0780. The van der Waals surface area contributed by atoms with E-state index in [0.717, 1.165) is 37.1 Å². The third kappa shape index (κ3) is 5.81. The van der Waals surface area contributed by atoms with E-state index in [2.05, 4.69) is 15.3 Å². The van der Waals surface area contributed by atoms with Gasteiger partial charge < -0.3 is 30.0 Å². The molecule has 4 N–H and O–H groups in total. The fourth-order valence-corrected chi connectivity index (χ4v) is 5.29. The summed E-state index contributed by atoms with van der Waals surface area (Å²) in [6.07, 6.45) is -3.73. The molecule has 0 unspecified atom stereocenters. The van der Waals surface area contributed by atoms with Crippen LogP contribution in [0.3, 0.4) is 0 Å². The number of nitrogens with one attached hydrogen (secondary N) is 1. The van der Waals surface area contributed by atoms with Crippen molar-refractivity contribution in [2.24, 2.45) is 5.73 Å². The quantitative estimate of drug-likeness (QED) is 0.214. The molecule has 2 atom stereocenters. The van der Waals surface area contributed by atoms with Gasteiger partial charge in [-0.15, -0.1) is 0 Å². The number of aromatic nitrogens is 3. The van der Waals surface area contributed by atoms with Gasteiger partial charge in [0.1, 0.15) is 35.9 Å². The first-order valence-electron chi connectivity index (χ1n) is 14.4. The van der Waals surface area contributed by atoms with E-state index in [0.29, 0.717) is 5.69 Å². The largest absolute Gasteiger partial charge is 0.489 e. The zero-order valence-electron chi connectivity index (χ0n) is 24.6. The van der Waals surface area contributed by atoms with Crippen molar-refractivity contribution >= 4 is 17.5 Å². The van der Waals surface area contributed by atoms with Gasteiger partial charge in [0.05, 0.1) is 23.5 Å². The van der Waals surface area contributed by atoms with E-state index in [-0.39, 0.29) is 52.1 Å². The van der Waals surface area contributed by atoms with Crippen LogP contribution >= 0.6 is 0 Å². The van der Waals surface area contributed by atoms with E-state index < -0.39 is 60.1 Å². The first kappa shape index (κ1) is 32.1. The Morgan fingerprint density at radius 3 is 2.49 bits per heavy atom. The first-order valence-corrected chi connectivity index (χ1v) is 14.4. The van der Waals surface area contributed by atoms with Gasteiger partial charge in [-0.2, -0.15) is 13.2 Å². The third-order valence-corrected chi connectivity index (χ3v) is 8.29. The lowest BCUT2D eigenvalue weighted by Gasteiger charge is -2.31. The van der Waals surface area contributed by atoms with E-state index in [1.165, 1.54) is 29.7 Å². The number of carbonyl (C=O) groups excluding carboxylic acids is 2. The smallest absolute Gasteiger partial charge is 0.424 e. The minimum Gasteiger partial charge on any atom is -0.489 e. The van der Waals surface area contributed by atoms with Crippen LogP contribution in [0.4, 0.5) is 26.3 Å². The van der Waals surface area contributed by atoms with Crippen LogP contribution in [0.15, 0.2) is 48.8 Å². The summed E-state index contributed by atoms with van der Waals surface area (Å²) in [7, 11) is 0. The van der Waals surface area contributed by atoms with Crippen molar-refractivity contribution in [1.82, 2.24) is 19.7 Å². The molecule has 3 aromatic heterocycles. The number of aliphatic hydroxyl groups is 1. The van der Waals surface area contributed by atoms with Crippen molar-refractivity contribution in [1.29, 1.82) is 0 Å². The lowest BCUT2D eigenvalue weighted by Crippen LogP contribution is -2.51. The van der Waals surface area contributed by atoms with Gasteiger partial charge in [-0.3, -0.25) is 9.59 Å². The van der Waals surface area contributed by atoms with Gasteiger partial charge in [0, 0.05) is 29.4 Å². The van der Waals surface area contributed by atoms with Crippen LogP contribution in [-0.2, 0) is 15.8 Å². The maximum Gasteiger partial charge on any atom is 0.424 e. The highest BCUT2D eigenvalue weighted by molar-refractivity contribution is 5.95. The number of nitrogens with zero attached hydrogens (tertiary/aromatic N) is 3. The standard InChI is InChI=1S/C31H27F6N5O5/c1-29(28(38)44)14-47-25-19(29)9-22(41-24(25)16-4-6-18(32)7-5-16)30(45,31(35,36)37)13-39-27(43)17-8-21(46-12-23(33)34)26-40-20(15-2-3-15)11-42(26)10-17/h4-11,15,23,45H,2-3,12-14H2,1H3,(H2,38,44)(H,39,43)/t29-,30-/m0/s1. The second-order valence-corrected chi connectivity index (χ2v) is 11.7. The van der Waals surface area contributed by atoms with Crippen molar-refractivity contribution in [3.63, 3.8) is 0 Å². The average molecular weight is 664 g/mol. The van der Waals surface area contributed by atoms with Gasteiger partial charge in [-0.25, -0.2) is 23.1 Å². The second-order valence-electron chi connectivity index (χ2n) is 11.7. The lowest BCUT2D eigenvalue weighted by molar-refractivity contribution is -0.265. The molecule has 0 radical (unpaired) electrons. The van der Waals surface area contributed by atoms with Crippen LogP contribution in [0.1, 0.15) is 53.0 Å². The Bertz CT molecular complexity index is 1880. The van der Waals surface area contributed by atoms with Crippen LogP contribution in [0.2, 0.25) is 0 Å². The zero-order chi connectivity index (χ0) is 33.9. The topological polar surface area (TPSA) is 141 Å². The number of primary amides is 1. The molecular weight excluding hydrogens is 636 g/mol. The number of nitrogens with two attached hydrogens (primary N) is 1. The summed E-state index contributed by atoms with van der Waals surface area (Å²) in [5.41, 5.74) is -0.558. The van der Waals surface area contributed by atoms with E-state index in [4.69, 9.17) is 15.2 Å². The fourth-order valence-electron chi connectivity index (χ4n) is 5.29. The van der Waals surface area contributed by atoms with Crippen molar-refractivity contribution in [3.8, 4) is 22.8 Å². The Labute approximate surface area is 262 Å². The van der Waals surface area contributed by atoms with E-state index in [9.17, 15) is 41.0 Å². The highest BCUT2D eigenvalue weighted by Gasteiger charge is 2.57. The Balaban J connectivity index is 1.38. The monoisotopic (exact) mass is 663 g/mol. The number of hydrogen-bond acceptors (Lipinski definition) is 7. The normalized spacial score (nSPS) is 18.9. The number of pyridine rings is 2. The van der Waals surface area contributed by atoms with E-state index >= 15 is 0 Å². The summed E-state index contributed by atoms with van der Waals surface area (Å²) in [5.74, 6) is -2.79. The number of ether oxygens (including phenoxy) is 2. The zero-order valence-corrected chi connectivity index (χ0v) is 24.6. The molecule has 4 aromatic rings. The molecule has 1 saturated carbocycles. The van der Waals surface area contributed by atoms with Gasteiger partial charge in [-0.05, 0) is 56.2 Å². The number of rotatable bonds is 10. The van der Waals surface area contributed by atoms with E-state index in [1.54, 1.807) is 6.20 Å². The highest BCUT2D eigenvalue weighted by Crippen LogP contribution is 2.48. The molecule has 6 rings (SSSR count). The number of amides is 2. The number of alkyl halides is 5. The molecular formula is C31H27F6N5O5. The molecule has 1 aliphatic carbocycles. The van der Waals surface area contributed by atoms with Crippen LogP contribution < -0.4 is 20.5 Å². The lowest BCUT2D eigenvalue weighted by atomic mass is 9.81. The summed E-state index contributed by atoms with van der Waals surface area (Å²) in [4.78, 5) is 34.2. The third-order valence-electron chi connectivity index (χ3n) is 8.29. The van der Waals surface area contributed by atoms with Gasteiger partial charge in [-0.1, -0.05) is 0 Å². The molecule has 4 heterocycles. The number of benzene rings is 1. The summed E-state index contributed by atoms with van der Waals surface area (Å²) < 4.78 is 96.0. The maximum absolute atomic E-state index is 14.7. The number of carbonyl (C=O) groups is 2. The highest BCUT2D eigenvalue weighted by atomic mass is 19.4. The second kappa shape index (κ2) is 11.4. The van der Waals surface area contributed by atoms with Crippen molar-refractivity contribution < 1.29 is 50.5 Å². The molecule has 2 amide bonds. The van der Waals surface area contributed by atoms with Gasteiger partial charge in [0.25, 0.3) is 12.3 Å². The maximum atomic E-state index is 14.7. The van der Waals surface area contributed by atoms with Crippen molar-refractivity contribution in [2.75, 3.05) is 19.8 Å². The van der Waals surface area contributed by atoms with Crippen LogP contribution in [0.5, 0.6) is 11.5 Å². The SMILES string of the molecule is C[C@]1(C(N)=O)COc2c1cc([C@@](O)(CNC(=O)c1cc(OCC(F)F)c3nc(C4CC4)cn3c1)C(F)(F)F)nc2-c1ccc(F)cc1. The van der Waals surface area contributed by atoms with Crippen molar-refractivity contribution in [3.05, 3.63) is 77.1 Å². The number of halogens is 6. The summed E-state index contributed by atoms with van der Waals surface area (Å²) in [6, 6.07) is 6.45. The molecule has 16 heteroatoms.